The zero-order valence-corrected chi connectivity index (χ0v) is 21.8. The predicted octanol–water partition coefficient (Wildman–Crippen LogP) is 5.20. The predicted molar refractivity (Wildman–Crippen MR) is 138 cm³/mol. The molecule has 2 amide bonds. The SMILES string of the molecule is CCC1CC2(C(=O)Nc3sc4c(c3C(=O)NCCc3ccccc3OC)CCOC4)CC(CC)C12. The molecule has 3 aliphatic rings. The minimum Gasteiger partial charge on any atom is -0.496 e. The molecule has 1 aromatic carbocycles. The Kier molecular flexibility index (Phi) is 6.91. The number of nitrogens with one attached hydrogen (secondary N) is 2. The van der Waals surface area contributed by atoms with E-state index in [4.69, 9.17) is 9.47 Å². The minimum absolute atomic E-state index is 0.111. The van der Waals surface area contributed by atoms with Gasteiger partial charge in [0.2, 0.25) is 5.91 Å². The smallest absolute Gasteiger partial charge is 0.254 e. The van der Waals surface area contributed by atoms with E-state index >= 15 is 0 Å². The average molecular weight is 497 g/mol. The zero-order chi connectivity index (χ0) is 24.6. The van der Waals surface area contributed by atoms with Crippen LogP contribution in [0.3, 0.4) is 0 Å². The van der Waals surface area contributed by atoms with Crippen LogP contribution in [0.1, 0.15) is 65.9 Å². The van der Waals surface area contributed by atoms with Gasteiger partial charge in [-0.3, -0.25) is 9.59 Å². The van der Waals surface area contributed by atoms with Gasteiger partial charge in [-0.15, -0.1) is 11.3 Å². The number of para-hydroxylation sites is 1. The molecule has 2 N–H and O–H groups in total. The van der Waals surface area contributed by atoms with Crippen LogP contribution in [-0.4, -0.2) is 32.1 Å². The fraction of sp³-hybridized carbons (Fsp3) is 0.571. The van der Waals surface area contributed by atoms with Crippen LogP contribution in [0.5, 0.6) is 5.75 Å². The molecule has 6 nitrogen and oxygen atoms in total. The monoisotopic (exact) mass is 496 g/mol. The van der Waals surface area contributed by atoms with E-state index in [0.29, 0.717) is 60.9 Å². The van der Waals surface area contributed by atoms with E-state index in [0.717, 1.165) is 47.4 Å². The van der Waals surface area contributed by atoms with Gasteiger partial charge in [0.15, 0.2) is 0 Å². The van der Waals surface area contributed by atoms with Crippen molar-refractivity contribution < 1.29 is 19.1 Å². The summed E-state index contributed by atoms with van der Waals surface area (Å²) < 4.78 is 11.1. The van der Waals surface area contributed by atoms with E-state index in [2.05, 4.69) is 24.5 Å². The van der Waals surface area contributed by atoms with E-state index in [-0.39, 0.29) is 17.2 Å². The lowest BCUT2D eigenvalue weighted by atomic mass is 9.37. The zero-order valence-electron chi connectivity index (χ0n) is 20.9. The molecule has 2 fully saturated rings. The second-order valence-corrected chi connectivity index (χ2v) is 11.3. The molecule has 0 spiro atoms. The highest BCUT2D eigenvalue weighted by molar-refractivity contribution is 7.17. The number of methoxy groups -OCH3 is 1. The van der Waals surface area contributed by atoms with Crippen LogP contribution in [-0.2, 0) is 29.0 Å². The summed E-state index contributed by atoms with van der Waals surface area (Å²) in [6, 6.07) is 7.86. The second kappa shape index (κ2) is 9.94. The first-order chi connectivity index (χ1) is 17.0. The molecule has 0 bridgehead atoms. The highest BCUT2D eigenvalue weighted by Crippen LogP contribution is 2.69. The van der Waals surface area contributed by atoms with Crippen molar-refractivity contribution in [2.75, 3.05) is 25.6 Å². The fourth-order valence-corrected chi connectivity index (χ4v) is 7.92. The molecule has 35 heavy (non-hydrogen) atoms. The van der Waals surface area contributed by atoms with Crippen molar-refractivity contribution in [3.05, 3.63) is 45.8 Å². The first-order valence-corrected chi connectivity index (χ1v) is 13.8. The molecule has 188 valence electrons. The first kappa shape index (κ1) is 24.3. The first-order valence-electron chi connectivity index (χ1n) is 13.0. The fourth-order valence-electron chi connectivity index (χ4n) is 6.74. The van der Waals surface area contributed by atoms with Gasteiger partial charge < -0.3 is 20.1 Å². The highest BCUT2D eigenvalue weighted by atomic mass is 32.1. The molecule has 2 atom stereocenters. The summed E-state index contributed by atoms with van der Waals surface area (Å²) in [7, 11) is 1.66. The number of rotatable bonds is 9. The molecule has 1 aliphatic heterocycles. The van der Waals surface area contributed by atoms with Crippen molar-refractivity contribution in [3.8, 4) is 5.75 Å². The molecular formula is C28H36N2O4S. The van der Waals surface area contributed by atoms with Gasteiger partial charge in [-0.2, -0.15) is 0 Å². The van der Waals surface area contributed by atoms with Gasteiger partial charge in [-0.05, 0) is 60.6 Å². The Morgan fingerprint density at radius 1 is 1.17 bits per heavy atom. The molecule has 5 rings (SSSR count). The number of amides is 2. The molecular weight excluding hydrogens is 460 g/mol. The van der Waals surface area contributed by atoms with Crippen LogP contribution in [0, 0.1) is 23.2 Å². The van der Waals surface area contributed by atoms with Gasteiger partial charge in [-0.25, -0.2) is 0 Å². The van der Waals surface area contributed by atoms with Crippen LogP contribution in [0.25, 0.3) is 0 Å². The molecule has 2 unspecified atom stereocenters. The standard InChI is InChI=1S/C28H36N2O4S/c1-4-17-14-28(15-18(5-2)24(17)28)27(32)30-26-23(20-11-13-34-16-22(20)35-26)25(31)29-12-10-19-8-6-7-9-21(19)33-3/h6-9,17-18,24H,4-5,10-16H2,1-3H3,(H,29,31)(H,30,32). The highest BCUT2D eigenvalue weighted by Gasteiger charge is 2.67. The molecule has 2 saturated carbocycles. The number of carbonyl (C=O) groups is 2. The number of hydrogen-bond acceptors (Lipinski definition) is 5. The van der Waals surface area contributed by atoms with E-state index < -0.39 is 0 Å². The summed E-state index contributed by atoms with van der Waals surface area (Å²) in [6.45, 7) is 6.06. The molecule has 0 saturated heterocycles. The summed E-state index contributed by atoms with van der Waals surface area (Å²) >= 11 is 1.51. The summed E-state index contributed by atoms with van der Waals surface area (Å²) in [6.07, 6.45) is 5.60. The number of anilines is 1. The van der Waals surface area contributed by atoms with Crippen LogP contribution in [0.2, 0.25) is 0 Å². The minimum atomic E-state index is -0.236. The lowest BCUT2D eigenvalue weighted by Gasteiger charge is -2.66. The number of carbonyl (C=O) groups excluding carboxylic acids is 2. The average Bonchev–Trinajstić information content (AvgIpc) is 3.22. The topological polar surface area (TPSA) is 76.7 Å². The molecule has 0 radical (unpaired) electrons. The van der Waals surface area contributed by atoms with Crippen LogP contribution in [0.15, 0.2) is 24.3 Å². The Bertz CT molecular complexity index is 1100. The van der Waals surface area contributed by atoms with Crippen LogP contribution >= 0.6 is 11.3 Å². The van der Waals surface area contributed by atoms with Gasteiger partial charge in [0.1, 0.15) is 10.8 Å². The Morgan fingerprint density at radius 3 is 2.63 bits per heavy atom. The lowest BCUT2D eigenvalue weighted by Crippen LogP contribution is -2.66. The van der Waals surface area contributed by atoms with Gasteiger partial charge >= 0.3 is 0 Å². The number of hydrogen-bond donors (Lipinski definition) is 2. The summed E-state index contributed by atoms with van der Waals surface area (Å²) in [5.74, 6) is 2.62. The van der Waals surface area contributed by atoms with Crippen LogP contribution in [0.4, 0.5) is 5.00 Å². The molecule has 1 aromatic heterocycles. The maximum absolute atomic E-state index is 13.6. The van der Waals surface area contributed by atoms with Gasteiger partial charge in [0.25, 0.3) is 5.91 Å². The summed E-state index contributed by atoms with van der Waals surface area (Å²) in [5, 5.41) is 7.01. The quantitative estimate of drug-likeness (QED) is 0.500. The number of thiophene rings is 1. The summed E-state index contributed by atoms with van der Waals surface area (Å²) in [4.78, 5) is 28.0. The Morgan fingerprint density at radius 2 is 1.91 bits per heavy atom. The third-order valence-corrected chi connectivity index (χ3v) is 9.68. The van der Waals surface area contributed by atoms with E-state index in [9.17, 15) is 9.59 Å². The second-order valence-electron chi connectivity index (χ2n) is 10.2. The third-order valence-electron chi connectivity index (χ3n) is 8.55. The number of fused-ring (bicyclic) bond motifs is 2. The lowest BCUT2D eigenvalue weighted by molar-refractivity contribution is -0.192. The van der Waals surface area contributed by atoms with Crippen molar-refractivity contribution in [2.45, 2.75) is 59.0 Å². The molecule has 2 aromatic rings. The van der Waals surface area contributed by atoms with Crippen molar-refractivity contribution in [2.24, 2.45) is 23.2 Å². The molecule has 2 heterocycles. The van der Waals surface area contributed by atoms with Crippen LogP contribution < -0.4 is 15.4 Å². The van der Waals surface area contributed by atoms with Gasteiger partial charge in [0, 0.05) is 11.4 Å². The molecule has 2 aliphatic carbocycles. The third kappa shape index (κ3) is 4.16. The van der Waals surface area contributed by atoms with E-state index in [1.165, 1.54) is 11.3 Å². The maximum atomic E-state index is 13.6. The Balaban J connectivity index is 1.32. The molecule has 7 heteroatoms. The maximum Gasteiger partial charge on any atom is 0.254 e. The van der Waals surface area contributed by atoms with E-state index in [1.807, 2.05) is 24.3 Å². The van der Waals surface area contributed by atoms with Crippen molar-refractivity contribution in [1.29, 1.82) is 0 Å². The van der Waals surface area contributed by atoms with Crippen molar-refractivity contribution in [1.82, 2.24) is 5.32 Å². The normalized spacial score (nSPS) is 26.5. The largest absolute Gasteiger partial charge is 0.496 e. The van der Waals surface area contributed by atoms with Crippen molar-refractivity contribution >= 4 is 28.2 Å². The Labute approximate surface area is 211 Å². The number of ether oxygens (including phenoxy) is 2. The summed E-state index contributed by atoms with van der Waals surface area (Å²) in [5.41, 5.74) is 2.48. The number of benzene rings is 1. The Hall–Kier alpha value is -2.38. The van der Waals surface area contributed by atoms with Gasteiger partial charge in [-0.1, -0.05) is 44.9 Å². The van der Waals surface area contributed by atoms with Crippen molar-refractivity contribution in [3.63, 3.8) is 0 Å². The van der Waals surface area contributed by atoms with Gasteiger partial charge in [0.05, 0.1) is 31.3 Å². The van der Waals surface area contributed by atoms with E-state index in [1.54, 1.807) is 7.11 Å².